The third-order valence-electron chi connectivity index (χ3n) is 5.88. The summed E-state index contributed by atoms with van der Waals surface area (Å²) in [5, 5.41) is 12.8. The van der Waals surface area contributed by atoms with E-state index in [1.807, 2.05) is 19.6 Å². The monoisotopic (exact) mass is 480 g/mol. The number of nitrogens with zero attached hydrogens (tertiary/aromatic N) is 3. The quantitative estimate of drug-likeness (QED) is 0.235. The molecule has 4 N–H and O–H groups in total. The Morgan fingerprint density at radius 3 is 2.70 bits per heavy atom. The maximum atomic E-state index is 14.6. The van der Waals surface area contributed by atoms with E-state index in [0.717, 1.165) is 37.8 Å². The molecular weight excluding hydrogens is 457 g/mol. The Labute approximate surface area is 193 Å². The Hall–Kier alpha value is -2.82. The van der Waals surface area contributed by atoms with Crippen molar-refractivity contribution in [3.8, 4) is 0 Å². The van der Waals surface area contributed by atoms with Gasteiger partial charge in [0.25, 0.3) is 0 Å². The van der Waals surface area contributed by atoms with Gasteiger partial charge in [0.1, 0.15) is 11.3 Å². The highest BCUT2D eigenvalue weighted by atomic mass is 35.5. The van der Waals surface area contributed by atoms with Gasteiger partial charge >= 0.3 is 0 Å². The predicted molar refractivity (Wildman–Crippen MR) is 122 cm³/mol. The molecule has 0 spiro atoms. The topological polar surface area (TPSA) is 88.6 Å². The van der Waals surface area contributed by atoms with Crippen LogP contribution in [0, 0.1) is 17.5 Å². The zero-order valence-electron chi connectivity index (χ0n) is 18.1. The highest BCUT2D eigenvalue weighted by Gasteiger charge is 2.25. The van der Waals surface area contributed by atoms with Crippen LogP contribution in [-0.4, -0.2) is 52.1 Å². The number of rotatable bonds is 5. The Balaban J connectivity index is 1.71. The number of aliphatic imine (C=N–C) groups is 1. The highest BCUT2D eigenvalue weighted by Crippen LogP contribution is 2.29. The maximum absolute atomic E-state index is 14.6. The summed E-state index contributed by atoms with van der Waals surface area (Å²) in [5.74, 6) is -2.80. The minimum absolute atomic E-state index is 0.0437. The number of halogens is 4. The first-order valence-electron chi connectivity index (χ1n) is 10.5. The summed E-state index contributed by atoms with van der Waals surface area (Å²) < 4.78 is 42.4. The molecule has 0 amide bonds. The van der Waals surface area contributed by atoms with Crippen molar-refractivity contribution in [2.75, 3.05) is 19.4 Å². The third kappa shape index (κ3) is 4.92. The molecule has 2 atom stereocenters. The summed E-state index contributed by atoms with van der Waals surface area (Å²) in [4.78, 5) is 13.5. The summed E-state index contributed by atoms with van der Waals surface area (Å²) in [5.41, 5.74) is 2.06. The molecule has 0 radical (unpaired) electrons. The van der Waals surface area contributed by atoms with E-state index in [1.54, 1.807) is 0 Å². The van der Waals surface area contributed by atoms with Crippen LogP contribution in [-0.2, 0) is 0 Å². The van der Waals surface area contributed by atoms with Crippen LogP contribution < -0.4 is 10.8 Å². The average molecular weight is 481 g/mol. The van der Waals surface area contributed by atoms with Crippen LogP contribution in [0.5, 0.6) is 0 Å². The van der Waals surface area contributed by atoms with Gasteiger partial charge in [0.2, 0.25) is 5.95 Å². The zero-order chi connectivity index (χ0) is 23.7. The second-order valence-corrected chi connectivity index (χ2v) is 8.73. The van der Waals surface area contributed by atoms with Crippen LogP contribution in [0.15, 0.2) is 29.3 Å². The zero-order valence-corrected chi connectivity index (χ0v) is 18.8. The molecule has 33 heavy (non-hydrogen) atoms. The number of amidine groups is 1. The maximum Gasteiger partial charge on any atom is 0.201 e. The molecule has 1 fully saturated rings. The largest absolute Gasteiger partial charge is 0.353 e. The van der Waals surface area contributed by atoms with E-state index >= 15 is 0 Å². The summed E-state index contributed by atoms with van der Waals surface area (Å²) in [6.45, 7) is 0. The lowest BCUT2D eigenvalue weighted by molar-refractivity contribution is 0.219. The number of fused-ring (bicyclic) bond motifs is 1. The van der Waals surface area contributed by atoms with Gasteiger partial charge in [-0.05, 0) is 64.0 Å². The fraction of sp³-hybridized carbons (Fsp3) is 0.364. The van der Waals surface area contributed by atoms with Crippen molar-refractivity contribution < 1.29 is 18.4 Å². The molecule has 4 rings (SSSR count). The molecule has 0 saturated heterocycles. The van der Waals surface area contributed by atoms with Gasteiger partial charge in [-0.3, -0.25) is 10.7 Å². The van der Waals surface area contributed by atoms with Crippen LogP contribution in [0.4, 0.5) is 24.8 Å². The molecule has 1 heterocycles. The number of aromatic amines is 1. The van der Waals surface area contributed by atoms with Gasteiger partial charge in [0, 0.05) is 17.6 Å². The molecule has 0 bridgehead atoms. The second kappa shape index (κ2) is 9.58. The molecule has 1 aliphatic rings. The Bertz CT molecular complexity index is 1200. The van der Waals surface area contributed by atoms with Crippen molar-refractivity contribution in [1.82, 2.24) is 20.3 Å². The summed E-state index contributed by atoms with van der Waals surface area (Å²) in [6.07, 6.45) is 3.97. The SMILES string of the molecule is CN(C)C1CCC[C@H](Nc2nc3c(F)c(F)cc(C(=Nc4ccc(F)c(Cl)c4)NO)c3[nH]2)C1. The van der Waals surface area contributed by atoms with Crippen molar-refractivity contribution in [2.45, 2.75) is 37.8 Å². The van der Waals surface area contributed by atoms with Gasteiger partial charge in [-0.15, -0.1) is 0 Å². The molecular formula is C22H24ClF3N6O. The molecule has 1 unspecified atom stereocenters. The van der Waals surface area contributed by atoms with Crippen molar-refractivity contribution in [2.24, 2.45) is 4.99 Å². The summed E-state index contributed by atoms with van der Waals surface area (Å²) >= 11 is 5.79. The number of H-pyrrole nitrogens is 1. The first kappa shape index (κ1) is 23.3. The van der Waals surface area contributed by atoms with Gasteiger partial charge in [0.05, 0.1) is 16.2 Å². The molecule has 1 saturated carbocycles. The lowest BCUT2D eigenvalue weighted by atomic mass is 9.90. The van der Waals surface area contributed by atoms with Crippen molar-refractivity contribution in [3.63, 3.8) is 0 Å². The van der Waals surface area contributed by atoms with Crippen LogP contribution in [0.1, 0.15) is 31.2 Å². The first-order chi connectivity index (χ1) is 15.8. The molecule has 2 aromatic carbocycles. The number of hydroxylamine groups is 1. The van der Waals surface area contributed by atoms with E-state index < -0.39 is 17.5 Å². The predicted octanol–water partition coefficient (Wildman–Crippen LogP) is 4.98. The summed E-state index contributed by atoms with van der Waals surface area (Å²) in [6, 6.07) is 5.13. The highest BCUT2D eigenvalue weighted by molar-refractivity contribution is 6.31. The third-order valence-corrected chi connectivity index (χ3v) is 6.17. The molecule has 1 aromatic heterocycles. The van der Waals surface area contributed by atoms with E-state index in [9.17, 15) is 18.4 Å². The fourth-order valence-corrected chi connectivity index (χ4v) is 4.32. The molecule has 0 aliphatic heterocycles. The fourth-order valence-electron chi connectivity index (χ4n) is 4.14. The van der Waals surface area contributed by atoms with Crippen LogP contribution in [0.2, 0.25) is 5.02 Å². The normalized spacial score (nSPS) is 19.3. The first-order valence-corrected chi connectivity index (χ1v) is 10.9. The number of benzene rings is 2. The summed E-state index contributed by atoms with van der Waals surface area (Å²) in [7, 11) is 4.07. The Kier molecular flexibility index (Phi) is 6.78. The van der Waals surface area contributed by atoms with Crippen molar-refractivity contribution in [3.05, 3.63) is 52.3 Å². The number of nitrogens with one attached hydrogen (secondary N) is 3. The van der Waals surface area contributed by atoms with Crippen molar-refractivity contribution >= 4 is 40.1 Å². The lowest BCUT2D eigenvalue weighted by Gasteiger charge is -2.33. The van der Waals surface area contributed by atoms with E-state index in [1.165, 1.54) is 12.1 Å². The molecule has 11 heteroatoms. The van der Waals surface area contributed by atoms with Crippen LogP contribution in [0.25, 0.3) is 11.0 Å². The molecule has 7 nitrogen and oxygen atoms in total. The Morgan fingerprint density at radius 2 is 2.00 bits per heavy atom. The lowest BCUT2D eigenvalue weighted by Crippen LogP contribution is -2.38. The standard InChI is InChI=1S/C22H24ClF3N6O/c1-32(2)13-5-3-4-11(8-13)28-22-29-19-14(10-17(25)18(26)20(19)30-22)21(31-33)27-12-6-7-16(24)15(23)9-12/h6-7,9-11,13,33H,3-5,8H2,1-2H3,(H,27,31)(H2,28,29,30)/t11-,13?/m0/s1. The van der Waals surface area contributed by atoms with E-state index in [4.69, 9.17) is 11.6 Å². The number of aromatic nitrogens is 2. The minimum atomic E-state index is -1.15. The van der Waals surface area contributed by atoms with E-state index in [-0.39, 0.29) is 39.2 Å². The number of hydrogen-bond acceptors (Lipinski definition) is 5. The molecule has 176 valence electrons. The molecule has 1 aliphatic carbocycles. The van der Waals surface area contributed by atoms with Gasteiger partial charge in [-0.25, -0.2) is 23.1 Å². The van der Waals surface area contributed by atoms with Gasteiger partial charge in [0.15, 0.2) is 17.5 Å². The number of imidazole rings is 1. The molecule has 3 aromatic rings. The van der Waals surface area contributed by atoms with Crippen molar-refractivity contribution in [1.29, 1.82) is 0 Å². The number of hydrogen-bond donors (Lipinski definition) is 4. The van der Waals surface area contributed by atoms with E-state index in [0.29, 0.717) is 12.0 Å². The smallest absolute Gasteiger partial charge is 0.201 e. The second-order valence-electron chi connectivity index (χ2n) is 8.32. The minimum Gasteiger partial charge on any atom is -0.353 e. The van der Waals surface area contributed by atoms with Gasteiger partial charge in [-0.1, -0.05) is 11.6 Å². The van der Waals surface area contributed by atoms with Gasteiger partial charge < -0.3 is 15.2 Å². The number of anilines is 1. The van der Waals surface area contributed by atoms with Crippen LogP contribution >= 0.6 is 11.6 Å². The van der Waals surface area contributed by atoms with E-state index in [2.05, 4.69) is 25.2 Å². The average Bonchev–Trinajstić information content (AvgIpc) is 3.21. The van der Waals surface area contributed by atoms with Gasteiger partial charge in [-0.2, -0.15) is 0 Å². The Morgan fingerprint density at radius 1 is 1.21 bits per heavy atom. The van der Waals surface area contributed by atoms with Crippen LogP contribution in [0.3, 0.4) is 0 Å².